The maximum atomic E-state index is 13.2. The molecule has 0 unspecified atom stereocenters. The predicted octanol–water partition coefficient (Wildman–Crippen LogP) is 3.10. The third-order valence-corrected chi connectivity index (χ3v) is 5.16. The second kappa shape index (κ2) is 9.07. The molecular formula is C24H25N5O3. The summed E-state index contributed by atoms with van der Waals surface area (Å²) in [5.41, 5.74) is 3.11. The fraction of sp³-hybridized carbons (Fsp3) is 0.208. The highest BCUT2D eigenvalue weighted by atomic mass is 16.5. The maximum Gasteiger partial charge on any atom is 0.282 e. The zero-order valence-electron chi connectivity index (χ0n) is 18.3. The van der Waals surface area contributed by atoms with Crippen molar-refractivity contribution in [1.82, 2.24) is 14.3 Å². The smallest absolute Gasteiger partial charge is 0.282 e. The number of ether oxygens (including phenoxy) is 1. The first kappa shape index (κ1) is 21.3. The van der Waals surface area contributed by atoms with Gasteiger partial charge in [-0.05, 0) is 36.4 Å². The van der Waals surface area contributed by atoms with Gasteiger partial charge in [-0.2, -0.15) is 9.78 Å². The van der Waals surface area contributed by atoms with E-state index in [2.05, 4.69) is 10.4 Å². The Hall–Kier alpha value is -3.91. The Morgan fingerprint density at radius 3 is 2.44 bits per heavy atom. The minimum Gasteiger partial charge on any atom is -0.383 e. The minimum absolute atomic E-state index is 0.276. The van der Waals surface area contributed by atoms with Gasteiger partial charge in [0.25, 0.3) is 11.5 Å². The van der Waals surface area contributed by atoms with Gasteiger partial charge in [-0.15, -0.1) is 0 Å². The molecule has 0 fully saturated rings. The average Bonchev–Trinajstić information content (AvgIpc) is 3.14. The van der Waals surface area contributed by atoms with Crippen LogP contribution in [0.25, 0.3) is 16.9 Å². The van der Waals surface area contributed by atoms with Crippen LogP contribution in [0.3, 0.4) is 0 Å². The molecule has 4 rings (SSSR count). The number of carbonyl (C=O) groups is 1. The number of carbonyl (C=O) groups excluding carboxylic acids is 1. The number of fused-ring (bicyclic) bond motifs is 1. The van der Waals surface area contributed by atoms with Crippen LogP contribution in [0.1, 0.15) is 10.4 Å². The Morgan fingerprint density at radius 2 is 1.78 bits per heavy atom. The van der Waals surface area contributed by atoms with Crippen molar-refractivity contribution in [2.45, 2.75) is 6.54 Å². The van der Waals surface area contributed by atoms with Crippen LogP contribution in [0.15, 0.2) is 71.8 Å². The van der Waals surface area contributed by atoms with Gasteiger partial charge in [0.05, 0.1) is 23.4 Å². The normalized spacial score (nSPS) is 11.0. The topological polar surface area (TPSA) is 81.4 Å². The summed E-state index contributed by atoms with van der Waals surface area (Å²) in [5, 5.41) is 7.41. The molecule has 2 aliphatic heterocycles. The van der Waals surface area contributed by atoms with E-state index in [1.807, 2.05) is 61.5 Å². The molecule has 0 saturated heterocycles. The Morgan fingerprint density at radius 1 is 1.06 bits per heavy atom. The number of nitrogens with zero attached hydrogens (tertiary/aromatic N) is 4. The van der Waals surface area contributed by atoms with Crippen LogP contribution in [0.2, 0.25) is 0 Å². The molecule has 0 bridgehead atoms. The number of nitrogens with one attached hydrogen (secondary N) is 1. The van der Waals surface area contributed by atoms with Crippen LogP contribution >= 0.6 is 0 Å². The molecule has 0 spiro atoms. The van der Waals surface area contributed by atoms with Gasteiger partial charge in [0.2, 0.25) is 0 Å². The molecule has 0 saturated carbocycles. The zero-order chi connectivity index (χ0) is 22.7. The summed E-state index contributed by atoms with van der Waals surface area (Å²) >= 11 is 0. The van der Waals surface area contributed by atoms with Crippen LogP contribution in [0, 0.1) is 0 Å². The van der Waals surface area contributed by atoms with Crippen LogP contribution in [0.4, 0.5) is 11.4 Å². The van der Waals surface area contributed by atoms with Gasteiger partial charge in [0.1, 0.15) is 5.69 Å². The first-order valence-electron chi connectivity index (χ1n) is 10.2. The molecule has 2 aromatic carbocycles. The molecular weight excluding hydrogens is 406 g/mol. The summed E-state index contributed by atoms with van der Waals surface area (Å²) in [5.74, 6) is -0.336. The molecule has 0 atom stereocenters. The van der Waals surface area contributed by atoms with Gasteiger partial charge in [0, 0.05) is 51.5 Å². The summed E-state index contributed by atoms with van der Waals surface area (Å²) in [6.07, 6.45) is 3.42. The molecule has 32 heavy (non-hydrogen) atoms. The lowest BCUT2D eigenvalue weighted by molar-refractivity contribution is 0.102. The fourth-order valence-corrected chi connectivity index (χ4v) is 3.44. The van der Waals surface area contributed by atoms with E-state index in [0.717, 1.165) is 5.69 Å². The molecule has 1 N–H and O–H groups in total. The number of methoxy groups -OCH3 is 1. The number of anilines is 2. The molecule has 0 radical (unpaired) electrons. The molecule has 2 aliphatic rings. The lowest BCUT2D eigenvalue weighted by atomic mass is 10.1. The first-order chi connectivity index (χ1) is 15.5. The highest BCUT2D eigenvalue weighted by molar-refractivity contribution is 6.08. The van der Waals surface area contributed by atoms with Gasteiger partial charge >= 0.3 is 0 Å². The number of aromatic nitrogens is 3. The van der Waals surface area contributed by atoms with E-state index in [9.17, 15) is 9.59 Å². The van der Waals surface area contributed by atoms with E-state index < -0.39 is 0 Å². The van der Waals surface area contributed by atoms with Crippen molar-refractivity contribution in [3.63, 3.8) is 0 Å². The first-order valence-corrected chi connectivity index (χ1v) is 10.2. The molecule has 2 aromatic rings. The number of pyridine rings is 1. The second-order valence-corrected chi connectivity index (χ2v) is 7.61. The standard InChI is InChI=1S/C24H25N5O3/c1-27(2)18-11-9-17(10-12-18)25-23(30)20-15-28(13-14-32-3)16-21-22(20)26-29(24(21)31)19-7-5-4-6-8-19/h4-12,15-16H,13-14H2,1-3H3,(H,25,30). The summed E-state index contributed by atoms with van der Waals surface area (Å²) in [6, 6.07) is 16.7. The van der Waals surface area contributed by atoms with Gasteiger partial charge in [-0.1, -0.05) is 18.2 Å². The van der Waals surface area contributed by atoms with Gasteiger partial charge < -0.3 is 19.5 Å². The molecule has 0 aromatic heterocycles. The average molecular weight is 431 g/mol. The lowest BCUT2D eigenvalue weighted by Crippen LogP contribution is -2.18. The Kier molecular flexibility index (Phi) is 6.04. The van der Waals surface area contributed by atoms with E-state index in [4.69, 9.17) is 4.74 Å². The van der Waals surface area contributed by atoms with E-state index in [1.54, 1.807) is 36.2 Å². The van der Waals surface area contributed by atoms with Crippen LogP contribution in [-0.2, 0) is 11.3 Å². The van der Waals surface area contributed by atoms with Crippen molar-refractivity contribution in [3.05, 3.63) is 82.9 Å². The fourth-order valence-electron chi connectivity index (χ4n) is 3.44. The largest absolute Gasteiger partial charge is 0.383 e. The third kappa shape index (κ3) is 4.26. The van der Waals surface area contributed by atoms with Crippen molar-refractivity contribution in [2.75, 3.05) is 38.0 Å². The summed E-state index contributed by atoms with van der Waals surface area (Å²) < 4.78 is 8.28. The van der Waals surface area contributed by atoms with E-state index in [1.165, 1.54) is 4.68 Å². The van der Waals surface area contributed by atoms with E-state index in [-0.39, 0.29) is 11.5 Å². The molecule has 0 aliphatic carbocycles. The number of para-hydroxylation sites is 1. The molecule has 2 heterocycles. The highest BCUT2D eigenvalue weighted by Gasteiger charge is 2.24. The summed E-state index contributed by atoms with van der Waals surface area (Å²) in [4.78, 5) is 28.3. The number of benzene rings is 2. The number of hydrogen-bond acceptors (Lipinski definition) is 5. The maximum absolute atomic E-state index is 13.2. The molecule has 8 heteroatoms. The molecule has 164 valence electrons. The quantitative estimate of drug-likeness (QED) is 0.486. The molecule has 1 amide bonds. The lowest BCUT2D eigenvalue weighted by Gasteiger charge is -2.14. The highest BCUT2D eigenvalue weighted by Crippen LogP contribution is 2.24. The number of hydrogen-bond donors (Lipinski definition) is 1. The van der Waals surface area contributed by atoms with Crippen LogP contribution in [0.5, 0.6) is 0 Å². The van der Waals surface area contributed by atoms with E-state index >= 15 is 0 Å². The Balaban J connectivity index is 1.75. The molecule has 8 nitrogen and oxygen atoms in total. The summed E-state index contributed by atoms with van der Waals surface area (Å²) in [7, 11) is 5.52. The number of rotatable bonds is 7. The monoisotopic (exact) mass is 431 g/mol. The second-order valence-electron chi connectivity index (χ2n) is 7.61. The Bertz CT molecular complexity index is 1240. The predicted molar refractivity (Wildman–Crippen MR) is 125 cm³/mol. The van der Waals surface area contributed by atoms with Gasteiger partial charge in [0.15, 0.2) is 0 Å². The Labute approximate surface area is 186 Å². The van der Waals surface area contributed by atoms with Gasteiger partial charge in [-0.25, -0.2) is 0 Å². The zero-order valence-corrected chi connectivity index (χ0v) is 18.3. The van der Waals surface area contributed by atoms with Gasteiger partial charge in [-0.3, -0.25) is 9.59 Å². The van der Waals surface area contributed by atoms with Crippen molar-refractivity contribution < 1.29 is 9.53 Å². The van der Waals surface area contributed by atoms with Crippen LogP contribution < -0.4 is 15.8 Å². The number of amides is 1. The van der Waals surface area contributed by atoms with E-state index in [0.29, 0.717) is 41.3 Å². The van der Waals surface area contributed by atoms with Crippen molar-refractivity contribution in [3.8, 4) is 16.9 Å². The SMILES string of the molecule is COCCn1cc(C(=O)Nc2ccc(N(C)C)cc2)c2nn(-c3ccccc3)c(=O)c-2c1. The van der Waals surface area contributed by atoms with Crippen molar-refractivity contribution >= 4 is 17.3 Å². The van der Waals surface area contributed by atoms with Crippen molar-refractivity contribution in [1.29, 1.82) is 0 Å². The van der Waals surface area contributed by atoms with Crippen molar-refractivity contribution in [2.24, 2.45) is 0 Å². The minimum atomic E-state index is -0.336. The summed E-state index contributed by atoms with van der Waals surface area (Å²) in [6.45, 7) is 0.949. The van der Waals surface area contributed by atoms with Crippen LogP contribution in [-0.4, -0.2) is 48.1 Å². The third-order valence-electron chi connectivity index (χ3n) is 5.16.